The molecule has 0 saturated heterocycles. The highest BCUT2D eigenvalue weighted by Crippen LogP contribution is 2.35. The molecule has 0 radical (unpaired) electrons. The summed E-state index contributed by atoms with van der Waals surface area (Å²) >= 11 is 0. The van der Waals surface area contributed by atoms with E-state index in [1.807, 2.05) is 0 Å². The van der Waals surface area contributed by atoms with Gasteiger partial charge in [-0.1, -0.05) is 6.07 Å². The first-order chi connectivity index (χ1) is 11.7. The van der Waals surface area contributed by atoms with Crippen LogP contribution in [-0.2, 0) is 6.18 Å². The summed E-state index contributed by atoms with van der Waals surface area (Å²) in [6.45, 7) is 0. The number of carbonyl (C=O) groups is 2. The Morgan fingerprint density at radius 2 is 1.76 bits per heavy atom. The van der Waals surface area contributed by atoms with Crippen molar-refractivity contribution in [1.29, 1.82) is 5.26 Å². The first kappa shape index (κ1) is 17.8. The fourth-order valence-electron chi connectivity index (χ4n) is 1.97. The summed E-state index contributed by atoms with van der Waals surface area (Å²) in [4.78, 5) is 23.1. The molecule has 0 unspecified atom stereocenters. The lowest BCUT2D eigenvalue weighted by molar-refractivity contribution is -0.137. The van der Waals surface area contributed by atoms with Crippen molar-refractivity contribution in [3.8, 4) is 6.07 Å². The summed E-state index contributed by atoms with van der Waals surface area (Å²) < 4.78 is 39.1. The topological polar surface area (TPSA) is 108 Å². The number of hydrogen-bond donors (Lipinski definition) is 3. The van der Waals surface area contributed by atoms with E-state index in [2.05, 4.69) is 10.9 Å². The highest BCUT2D eigenvalue weighted by Gasteiger charge is 2.34. The van der Waals surface area contributed by atoms with Gasteiger partial charge >= 0.3 is 6.18 Å². The summed E-state index contributed by atoms with van der Waals surface area (Å²) in [5.74, 6) is -1.50. The quantitative estimate of drug-likeness (QED) is 0.738. The molecule has 9 heteroatoms. The summed E-state index contributed by atoms with van der Waals surface area (Å²) in [5, 5.41) is 8.71. The average Bonchev–Trinajstić information content (AvgIpc) is 2.58. The van der Waals surface area contributed by atoms with Gasteiger partial charge in [0.1, 0.15) is 0 Å². The molecule has 25 heavy (non-hydrogen) atoms. The molecule has 0 fully saturated rings. The Hall–Kier alpha value is -3.54. The number of nitriles is 1. The molecule has 2 amide bonds. The molecule has 2 aromatic rings. The van der Waals surface area contributed by atoms with Gasteiger partial charge in [-0.2, -0.15) is 18.4 Å². The molecule has 0 aromatic heterocycles. The number of halogens is 3. The Kier molecular flexibility index (Phi) is 4.93. The predicted octanol–water partition coefficient (Wildman–Crippen LogP) is 2.43. The number of alkyl halides is 3. The fraction of sp³-hybridized carbons (Fsp3) is 0.0625. The van der Waals surface area contributed by atoms with Crippen LogP contribution in [0.1, 0.15) is 31.8 Å². The number of nitrogens with zero attached hydrogens (tertiary/aromatic N) is 1. The van der Waals surface area contributed by atoms with Crippen LogP contribution in [0, 0.1) is 11.3 Å². The minimum absolute atomic E-state index is 0.0333. The lowest BCUT2D eigenvalue weighted by Gasteiger charge is -2.15. The first-order valence-electron chi connectivity index (χ1n) is 6.80. The number of primary amides is 1. The second-order valence-electron chi connectivity index (χ2n) is 4.89. The van der Waals surface area contributed by atoms with E-state index in [9.17, 15) is 22.8 Å². The number of benzene rings is 2. The molecule has 4 N–H and O–H groups in total. The Morgan fingerprint density at radius 1 is 1.08 bits per heavy atom. The Labute approximate surface area is 140 Å². The molecule has 128 valence electrons. The van der Waals surface area contributed by atoms with Crippen LogP contribution in [0.2, 0.25) is 0 Å². The monoisotopic (exact) mass is 348 g/mol. The molecule has 0 aliphatic rings. The van der Waals surface area contributed by atoms with Crippen molar-refractivity contribution in [3.63, 3.8) is 0 Å². The summed E-state index contributed by atoms with van der Waals surface area (Å²) in [5.41, 5.74) is 7.81. The van der Waals surface area contributed by atoms with Gasteiger partial charge in [0.05, 0.1) is 22.9 Å². The van der Waals surface area contributed by atoms with Gasteiger partial charge in [0.2, 0.25) is 5.91 Å². The molecule has 0 heterocycles. The second kappa shape index (κ2) is 6.92. The second-order valence-corrected chi connectivity index (χ2v) is 4.89. The number of hydrazine groups is 1. The van der Waals surface area contributed by atoms with Crippen LogP contribution in [0.4, 0.5) is 18.9 Å². The average molecular weight is 348 g/mol. The van der Waals surface area contributed by atoms with E-state index in [4.69, 9.17) is 11.0 Å². The van der Waals surface area contributed by atoms with E-state index < -0.39 is 29.2 Å². The van der Waals surface area contributed by atoms with Crippen molar-refractivity contribution in [2.24, 2.45) is 5.73 Å². The van der Waals surface area contributed by atoms with Crippen molar-refractivity contribution >= 4 is 17.5 Å². The van der Waals surface area contributed by atoms with Crippen LogP contribution in [-0.4, -0.2) is 11.8 Å². The lowest BCUT2D eigenvalue weighted by Crippen LogP contribution is -2.30. The summed E-state index contributed by atoms with van der Waals surface area (Å²) in [7, 11) is 0. The summed E-state index contributed by atoms with van der Waals surface area (Å²) in [6.07, 6.45) is -4.72. The zero-order valence-corrected chi connectivity index (χ0v) is 12.5. The van der Waals surface area contributed by atoms with E-state index in [1.165, 1.54) is 30.3 Å². The number of nitrogens with two attached hydrogens (primary N) is 1. The van der Waals surface area contributed by atoms with Gasteiger partial charge in [-0.3, -0.25) is 20.4 Å². The van der Waals surface area contributed by atoms with Crippen LogP contribution in [0.3, 0.4) is 0 Å². The zero-order valence-electron chi connectivity index (χ0n) is 12.5. The maximum absolute atomic E-state index is 13.0. The maximum atomic E-state index is 13.0. The van der Waals surface area contributed by atoms with Gasteiger partial charge < -0.3 is 5.73 Å². The van der Waals surface area contributed by atoms with Gasteiger partial charge in [-0.05, 0) is 36.4 Å². The molecule has 2 aromatic carbocycles. The third-order valence-electron chi connectivity index (χ3n) is 3.17. The molecule has 0 aliphatic heterocycles. The van der Waals surface area contributed by atoms with E-state index in [1.54, 1.807) is 6.07 Å². The third kappa shape index (κ3) is 4.26. The Bertz CT molecular complexity index is 872. The number of amides is 2. The van der Waals surface area contributed by atoms with Crippen molar-refractivity contribution in [2.45, 2.75) is 6.18 Å². The smallest absolute Gasteiger partial charge is 0.366 e. The Balaban J connectivity index is 2.21. The number of rotatable bonds is 4. The van der Waals surface area contributed by atoms with Gasteiger partial charge in [-0.25, -0.2) is 0 Å². The molecule has 2 rings (SSSR count). The summed E-state index contributed by atoms with van der Waals surface area (Å²) in [6, 6.07) is 9.88. The number of carbonyl (C=O) groups excluding carboxylic acids is 2. The van der Waals surface area contributed by atoms with Gasteiger partial charge in [-0.15, -0.1) is 0 Å². The first-order valence-corrected chi connectivity index (χ1v) is 6.80. The third-order valence-corrected chi connectivity index (χ3v) is 3.17. The van der Waals surface area contributed by atoms with Crippen LogP contribution < -0.4 is 16.6 Å². The number of anilines is 1. The zero-order chi connectivity index (χ0) is 18.6. The van der Waals surface area contributed by atoms with Gasteiger partial charge in [0.25, 0.3) is 5.91 Å². The molecule has 0 atom stereocenters. The Morgan fingerprint density at radius 3 is 2.36 bits per heavy atom. The van der Waals surface area contributed by atoms with Crippen LogP contribution in [0.5, 0.6) is 0 Å². The van der Waals surface area contributed by atoms with Crippen molar-refractivity contribution < 1.29 is 22.8 Å². The molecule has 0 bridgehead atoms. The molecular weight excluding hydrogens is 337 g/mol. The minimum atomic E-state index is -4.72. The van der Waals surface area contributed by atoms with Crippen LogP contribution >= 0.6 is 0 Å². The molecule has 0 spiro atoms. The van der Waals surface area contributed by atoms with Gasteiger partial charge in [0, 0.05) is 11.1 Å². The van der Waals surface area contributed by atoms with E-state index in [0.717, 1.165) is 6.07 Å². The van der Waals surface area contributed by atoms with Crippen molar-refractivity contribution in [1.82, 2.24) is 5.43 Å². The van der Waals surface area contributed by atoms with Crippen molar-refractivity contribution in [3.05, 3.63) is 64.7 Å². The van der Waals surface area contributed by atoms with E-state index in [-0.39, 0.29) is 16.7 Å². The van der Waals surface area contributed by atoms with Gasteiger partial charge in [0.15, 0.2) is 0 Å². The van der Waals surface area contributed by atoms with E-state index >= 15 is 0 Å². The molecule has 0 aliphatic carbocycles. The van der Waals surface area contributed by atoms with E-state index in [0.29, 0.717) is 6.07 Å². The number of hydrogen-bond acceptors (Lipinski definition) is 4. The van der Waals surface area contributed by atoms with Crippen LogP contribution in [0.15, 0.2) is 42.5 Å². The maximum Gasteiger partial charge on any atom is 0.418 e. The highest BCUT2D eigenvalue weighted by atomic mass is 19.4. The fourth-order valence-corrected chi connectivity index (χ4v) is 1.97. The van der Waals surface area contributed by atoms with Crippen LogP contribution in [0.25, 0.3) is 0 Å². The molecular formula is C16H11F3N4O2. The largest absolute Gasteiger partial charge is 0.418 e. The number of nitrogens with one attached hydrogen (secondary N) is 2. The standard InChI is InChI=1S/C16H11F3N4O2/c17-16(18,19)12-6-9(8-20)4-5-13(12)22-23-15(25)11-3-1-2-10(7-11)14(21)24/h1-7,22H,(H2,21,24)(H,23,25). The molecule has 0 saturated carbocycles. The minimum Gasteiger partial charge on any atom is -0.366 e. The lowest BCUT2D eigenvalue weighted by atomic mass is 10.1. The highest BCUT2D eigenvalue weighted by molar-refractivity contribution is 5.99. The normalized spacial score (nSPS) is 10.6. The SMILES string of the molecule is N#Cc1ccc(NNC(=O)c2cccc(C(N)=O)c2)c(C(F)(F)F)c1. The van der Waals surface area contributed by atoms with Crippen molar-refractivity contribution in [2.75, 3.05) is 5.43 Å². The predicted molar refractivity (Wildman–Crippen MR) is 82.2 cm³/mol. The molecule has 6 nitrogen and oxygen atoms in total.